The van der Waals surface area contributed by atoms with E-state index >= 15 is 0 Å². The fourth-order valence-corrected chi connectivity index (χ4v) is 18.4. The van der Waals surface area contributed by atoms with Gasteiger partial charge in [0.2, 0.25) is 17.8 Å². The number of aromatic nitrogens is 6. The Morgan fingerprint density at radius 3 is 0.957 bits per heavy atom. The SMILES string of the molecule is c1ccc2c(c1)-c1ccccc1[Si]1(c3ccccc3-2)c2ccccc2-c2cccc3c2c2c1cccc2n3-c1nc(-n2c3ccccc3c3ccccc32)nc(-n2c3ccccc3c3ccccc32)n1. The van der Waals surface area contributed by atoms with Crippen molar-refractivity contribution in [2.45, 2.75) is 0 Å². The summed E-state index contributed by atoms with van der Waals surface area (Å²) in [6, 6.07) is 84.9. The summed E-state index contributed by atoms with van der Waals surface area (Å²) in [6.45, 7) is 0. The molecule has 6 heterocycles. The van der Waals surface area contributed by atoms with Gasteiger partial charge in [-0.15, -0.1) is 0 Å². The highest BCUT2D eigenvalue weighted by molar-refractivity contribution is 7.22. The number of hydrogen-bond acceptors (Lipinski definition) is 3. The molecule has 0 aliphatic carbocycles. The van der Waals surface area contributed by atoms with Gasteiger partial charge in [-0.2, -0.15) is 15.0 Å². The maximum absolute atomic E-state index is 5.66. The van der Waals surface area contributed by atoms with Crippen molar-refractivity contribution < 1.29 is 0 Å². The molecule has 10 aromatic carbocycles. The number of para-hydroxylation sites is 4. The smallest absolute Gasteiger partial charge is 0.241 e. The van der Waals surface area contributed by atoms with E-state index in [2.05, 4.69) is 244 Å². The van der Waals surface area contributed by atoms with Crippen LogP contribution in [0.1, 0.15) is 0 Å². The molecule has 0 unspecified atom stereocenters. The predicted molar refractivity (Wildman–Crippen MR) is 290 cm³/mol. The van der Waals surface area contributed by atoms with Crippen LogP contribution in [0.5, 0.6) is 0 Å². The molecule has 0 saturated carbocycles. The summed E-state index contributed by atoms with van der Waals surface area (Å²) >= 11 is 0. The van der Waals surface area contributed by atoms with E-state index in [1.165, 1.54) is 64.9 Å². The van der Waals surface area contributed by atoms with Gasteiger partial charge in [-0.3, -0.25) is 13.7 Å². The lowest BCUT2D eigenvalue weighted by Crippen LogP contribution is -2.75. The molecule has 16 rings (SSSR count). The van der Waals surface area contributed by atoms with E-state index in [-0.39, 0.29) is 0 Å². The predicted octanol–water partition coefficient (Wildman–Crippen LogP) is 12.2. The first-order valence-corrected chi connectivity index (χ1v) is 26.0. The molecule has 2 aliphatic rings. The summed E-state index contributed by atoms with van der Waals surface area (Å²) in [4.78, 5) is 16.8. The minimum atomic E-state index is -3.20. The summed E-state index contributed by atoms with van der Waals surface area (Å²) in [5, 5.41) is 12.6. The van der Waals surface area contributed by atoms with Gasteiger partial charge in [0.1, 0.15) is 0 Å². The molecule has 4 aromatic heterocycles. The summed E-state index contributed by atoms with van der Waals surface area (Å²) in [5.74, 6) is 1.65. The lowest BCUT2D eigenvalue weighted by molar-refractivity contribution is 0.848. The van der Waals surface area contributed by atoms with E-state index in [1.807, 2.05) is 0 Å². The Morgan fingerprint density at radius 1 is 0.229 bits per heavy atom. The largest absolute Gasteiger partial charge is 0.278 e. The van der Waals surface area contributed by atoms with E-state index in [9.17, 15) is 0 Å². The van der Waals surface area contributed by atoms with Gasteiger partial charge in [-0.25, -0.2) is 0 Å². The van der Waals surface area contributed by atoms with Crippen LogP contribution in [0.25, 0.3) is 117 Å². The first kappa shape index (κ1) is 37.9. The van der Waals surface area contributed by atoms with Crippen LogP contribution in [0, 0.1) is 0 Å². The number of hydrogen-bond donors (Lipinski definition) is 0. The number of rotatable bonds is 3. The minimum absolute atomic E-state index is 0.550. The highest BCUT2D eigenvalue weighted by Gasteiger charge is 2.50. The molecular formula is C63H38N6Si. The zero-order valence-corrected chi connectivity index (χ0v) is 38.6. The average molecular weight is 907 g/mol. The van der Waals surface area contributed by atoms with Gasteiger partial charge in [0, 0.05) is 32.3 Å². The Morgan fingerprint density at radius 2 is 0.514 bits per heavy atom. The Labute approximate surface area is 402 Å². The summed E-state index contributed by atoms with van der Waals surface area (Å²) in [6.07, 6.45) is 0. The third-order valence-corrected chi connectivity index (χ3v) is 20.3. The maximum Gasteiger partial charge on any atom is 0.241 e. The molecule has 1 spiro atoms. The molecule has 0 fully saturated rings. The van der Waals surface area contributed by atoms with Crippen LogP contribution >= 0.6 is 0 Å². The quantitative estimate of drug-likeness (QED) is 0.166. The second-order valence-electron chi connectivity index (χ2n) is 18.6. The Balaban J connectivity index is 1.08. The van der Waals surface area contributed by atoms with Crippen molar-refractivity contribution in [3.05, 3.63) is 231 Å². The first-order valence-electron chi connectivity index (χ1n) is 24.0. The van der Waals surface area contributed by atoms with E-state index < -0.39 is 8.07 Å². The number of nitrogens with zero attached hydrogens (tertiary/aromatic N) is 6. The summed E-state index contributed by atoms with van der Waals surface area (Å²) < 4.78 is 6.76. The Hall–Kier alpha value is -9.17. The molecule has 0 atom stereocenters. The second-order valence-corrected chi connectivity index (χ2v) is 22.3. The van der Waals surface area contributed by atoms with Crippen LogP contribution in [0.15, 0.2) is 231 Å². The van der Waals surface area contributed by atoms with Crippen molar-refractivity contribution in [1.29, 1.82) is 0 Å². The molecule has 2 aliphatic heterocycles. The van der Waals surface area contributed by atoms with Gasteiger partial charge in [-0.1, -0.05) is 194 Å². The molecule has 14 aromatic rings. The van der Waals surface area contributed by atoms with Crippen molar-refractivity contribution in [3.63, 3.8) is 0 Å². The van der Waals surface area contributed by atoms with Crippen molar-refractivity contribution in [2.75, 3.05) is 0 Å². The van der Waals surface area contributed by atoms with E-state index in [4.69, 9.17) is 15.0 Å². The number of benzene rings is 10. The molecule has 0 saturated heterocycles. The van der Waals surface area contributed by atoms with Gasteiger partial charge < -0.3 is 0 Å². The highest BCUT2D eigenvalue weighted by Crippen LogP contribution is 2.44. The Kier molecular flexibility index (Phi) is 7.55. The molecular weight excluding hydrogens is 869 g/mol. The minimum Gasteiger partial charge on any atom is -0.278 e. The normalized spacial score (nSPS) is 13.3. The van der Waals surface area contributed by atoms with Gasteiger partial charge >= 0.3 is 0 Å². The average Bonchev–Trinajstić information content (AvgIpc) is 4.03. The van der Waals surface area contributed by atoms with Gasteiger partial charge in [-0.05, 0) is 90.5 Å². The third kappa shape index (κ3) is 4.78. The van der Waals surface area contributed by atoms with E-state index in [0.717, 1.165) is 54.6 Å². The molecule has 7 heteroatoms. The summed E-state index contributed by atoms with van der Waals surface area (Å²) in [7, 11) is -3.20. The van der Waals surface area contributed by atoms with E-state index in [0.29, 0.717) is 17.8 Å². The lowest BCUT2D eigenvalue weighted by atomic mass is 9.95. The second kappa shape index (κ2) is 13.9. The van der Waals surface area contributed by atoms with Crippen molar-refractivity contribution >= 4 is 94.2 Å². The van der Waals surface area contributed by atoms with Crippen LogP contribution < -0.4 is 20.7 Å². The van der Waals surface area contributed by atoms with Crippen molar-refractivity contribution in [3.8, 4) is 51.2 Å². The van der Waals surface area contributed by atoms with Gasteiger partial charge in [0.15, 0.2) is 8.07 Å². The van der Waals surface area contributed by atoms with Crippen LogP contribution in [-0.4, -0.2) is 36.7 Å². The standard InChI is InChI=1S/C63H38N6Si/c1-2-20-40-39(19-1)45-25-7-14-35-55(45)70(56-36-15-8-26-46(40)56)57-37-16-9-27-47(57)48-28-17-33-53-59(48)60-54(34-18-38-58(60)70)69(53)63-65-61(67-49-29-10-3-21-41(49)42-22-4-11-30-50(42)67)64-62(66-63)68-51-31-12-5-23-43(51)44-24-6-13-32-52(44)68/h1-38H. The molecule has 6 nitrogen and oxygen atoms in total. The van der Waals surface area contributed by atoms with Crippen molar-refractivity contribution in [2.24, 2.45) is 0 Å². The third-order valence-electron chi connectivity index (χ3n) is 15.4. The van der Waals surface area contributed by atoms with E-state index in [1.54, 1.807) is 0 Å². The highest BCUT2D eigenvalue weighted by atomic mass is 28.3. The van der Waals surface area contributed by atoms with Gasteiger partial charge in [0.25, 0.3) is 0 Å². The molecule has 0 radical (unpaired) electrons. The fraction of sp³-hybridized carbons (Fsp3) is 0. The molecule has 0 amide bonds. The number of fused-ring (bicyclic) bond motifs is 17. The van der Waals surface area contributed by atoms with Crippen LogP contribution in [0.3, 0.4) is 0 Å². The molecule has 324 valence electrons. The maximum atomic E-state index is 5.66. The van der Waals surface area contributed by atoms with Crippen molar-refractivity contribution in [1.82, 2.24) is 28.7 Å². The lowest BCUT2D eigenvalue weighted by Gasteiger charge is -2.36. The monoisotopic (exact) mass is 906 g/mol. The first-order chi connectivity index (χ1) is 34.8. The molecule has 70 heavy (non-hydrogen) atoms. The van der Waals surface area contributed by atoms with Crippen LogP contribution in [0.2, 0.25) is 0 Å². The summed E-state index contributed by atoms with van der Waals surface area (Å²) in [5.41, 5.74) is 13.8. The molecule has 0 N–H and O–H groups in total. The van der Waals surface area contributed by atoms with Crippen LogP contribution in [0.4, 0.5) is 0 Å². The Bertz CT molecular complexity index is 4270. The molecule has 0 bridgehead atoms. The zero-order chi connectivity index (χ0) is 45.7. The van der Waals surface area contributed by atoms with Crippen LogP contribution in [-0.2, 0) is 0 Å². The topological polar surface area (TPSA) is 53.5 Å². The zero-order valence-electron chi connectivity index (χ0n) is 37.6. The van der Waals surface area contributed by atoms with Gasteiger partial charge in [0.05, 0.1) is 33.1 Å². The fourth-order valence-electron chi connectivity index (χ4n) is 12.7.